The molecule has 0 aliphatic rings. The number of nitrogens with zero attached hydrogens (tertiary/aromatic N) is 3. The molecular weight excluding hydrogens is 238 g/mol. The predicted octanol–water partition coefficient (Wildman–Crippen LogP) is 0.751. The first-order valence-electron chi connectivity index (χ1n) is 5.15. The average Bonchev–Trinajstić information content (AvgIpc) is 2.88. The number of aromatic amines is 1. The fourth-order valence-corrected chi connectivity index (χ4v) is 1.45. The third kappa shape index (κ3) is 2.61. The first kappa shape index (κ1) is 12.0. The highest BCUT2D eigenvalue weighted by Crippen LogP contribution is 2.24. The van der Waals surface area contributed by atoms with Gasteiger partial charge >= 0.3 is 0 Å². The van der Waals surface area contributed by atoms with Gasteiger partial charge in [0, 0.05) is 18.2 Å². The van der Waals surface area contributed by atoms with E-state index in [0.29, 0.717) is 17.0 Å². The summed E-state index contributed by atoms with van der Waals surface area (Å²) in [6.45, 7) is 0.315. The summed E-state index contributed by atoms with van der Waals surface area (Å²) < 4.78 is 5.43. The number of nitrogens with one attached hydrogen (secondary N) is 1. The van der Waals surface area contributed by atoms with Crippen LogP contribution in [0.25, 0.3) is 0 Å². The van der Waals surface area contributed by atoms with Crippen LogP contribution in [0.3, 0.4) is 0 Å². The van der Waals surface area contributed by atoms with E-state index in [1.54, 1.807) is 6.07 Å². The third-order valence-electron chi connectivity index (χ3n) is 2.32. The topological polar surface area (TPSA) is 120 Å². The molecule has 0 spiro atoms. The molecule has 0 aliphatic carbocycles. The van der Waals surface area contributed by atoms with Crippen LogP contribution in [0.5, 0.6) is 5.75 Å². The zero-order valence-corrected chi connectivity index (χ0v) is 9.37. The Morgan fingerprint density at radius 2 is 2.33 bits per heavy atom. The van der Waals surface area contributed by atoms with E-state index in [0.717, 1.165) is 0 Å². The highest BCUT2D eigenvalue weighted by atomic mass is 16.6. The summed E-state index contributed by atoms with van der Waals surface area (Å²) in [4.78, 5) is 10.3. The molecule has 0 bridgehead atoms. The first-order valence-corrected chi connectivity index (χ1v) is 5.15. The Hall–Kier alpha value is -2.48. The quantitative estimate of drug-likeness (QED) is 0.596. The lowest BCUT2D eigenvalue weighted by molar-refractivity contribution is -0.385. The molecule has 0 amide bonds. The summed E-state index contributed by atoms with van der Waals surface area (Å²) in [5, 5.41) is 20.7. The number of hydrogen-bond donors (Lipinski definition) is 2. The Morgan fingerprint density at radius 3 is 2.94 bits per heavy atom. The van der Waals surface area contributed by atoms with Crippen LogP contribution in [0.2, 0.25) is 0 Å². The van der Waals surface area contributed by atoms with Crippen LogP contribution in [0.4, 0.5) is 5.69 Å². The Bertz CT molecular complexity index is 540. The zero-order chi connectivity index (χ0) is 13.0. The molecule has 8 nitrogen and oxygen atoms in total. The summed E-state index contributed by atoms with van der Waals surface area (Å²) in [5.74, 6) is 0.504. The maximum Gasteiger partial charge on any atom is 0.274 e. The van der Waals surface area contributed by atoms with E-state index < -0.39 is 4.92 Å². The Kier molecular flexibility index (Phi) is 3.49. The number of aromatic nitrogens is 3. The minimum Gasteiger partial charge on any atom is -0.487 e. The van der Waals surface area contributed by atoms with Crippen LogP contribution < -0.4 is 10.5 Å². The molecule has 0 unspecified atom stereocenters. The van der Waals surface area contributed by atoms with E-state index in [2.05, 4.69) is 15.4 Å². The summed E-state index contributed by atoms with van der Waals surface area (Å²) in [7, 11) is 0. The standard InChI is InChI=1S/C10H11N5O3/c11-4-7-3-9(1-2-10(7)15(16)17)18-6-8-5-12-14-13-8/h1-3,5H,4,6,11H2,(H,12,13,14). The minimum atomic E-state index is -0.469. The van der Waals surface area contributed by atoms with Crippen LogP contribution in [-0.4, -0.2) is 20.3 Å². The van der Waals surface area contributed by atoms with Gasteiger partial charge in [-0.15, -0.1) is 0 Å². The van der Waals surface area contributed by atoms with Gasteiger partial charge in [0.1, 0.15) is 18.1 Å². The lowest BCUT2D eigenvalue weighted by Gasteiger charge is -2.06. The molecule has 0 saturated heterocycles. The number of nitrogens with two attached hydrogens (primary N) is 1. The van der Waals surface area contributed by atoms with E-state index in [9.17, 15) is 10.1 Å². The number of ether oxygens (including phenoxy) is 1. The second kappa shape index (κ2) is 5.23. The van der Waals surface area contributed by atoms with Crippen LogP contribution in [0.15, 0.2) is 24.4 Å². The zero-order valence-electron chi connectivity index (χ0n) is 9.37. The minimum absolute atomic E-state index is 0.00807. The second-order valence-corrected chi connectivity index (χ2v) is 3.50. The molecule has 0 atom stereocenters. The molecule has 18 heavy (non-hydrogen) atoms. The monoisotopic (exact) mass is 249 g/mol. The SMILES string of the molecule is NCc1cc(OCc2cn[nH]n2)ccc1[N+](=O)[O-]. The first-order chi connectivity index (χ1) is 8.70. The molecule has 0 fully saturated rings. The van der Waals surface area contributed by atoms with Crippen molar-refractivity contribution in [3.63, 3.8) is 0 Å². The fourth-order valence-electron chi connectivity index (χ4n) is 1.45. The molecule has 0 radical (unpaired) electrons. The molecule has 1 aromatic heterocycles. The highest BCUT2D eigenvalue weighted by Gasteiger charge is 2.13. The third-order valence-corrected chi connectivity index (χ3v) is 2.32. The van der Waals surface area contributed by atoms with Gasteiger partial charge in [0.2, 0.25) is 0 Å². The van der Waals surface area contributed by atoms with Gasteiger partial charge < -0.3 is 10.5 Å². The number of hydrogen-bond acceptors (Lipinski definition) is 6. The lowest BCUT2D eigenvalue weighted by Crippen LogP contribution is -2.03. The lowest BCUT2D eigenvalue weighted by atomic mass is 10.1. The Balaban J connectivity index is 2.12. The molecule has 1 heterocycles. The van der Waals surface area contributed by atoms with Crippen molar-refractivity contribution in [3.05, 3.63) is 45.8 Å². The van der Waals surface area contributed by atoms with E-state index >= 15 is 0 Å². The molecule has 3 N–H and O–H groups in total. The smallest absolute Gasteiger partial charge is 0.274 e. The number of nitro benzene ring substituents is 1. The van der Waals surface area contributed by atoms with Gasteiger partial charge in [0.25, 0.3) is 5.69 Å². The van der Waals surface area contributed by atoms with Crippen molar-refractivity contribution in [2.24, 2.45) is 5.73 Å². The molecule has 8 heteroatoms. The van der Waals surface area contributed by atoms with Gasteiger partial charge in [-0.05, 0) is 12.1 Å². The van der Waals surface area contributed by atoms with Crippen molar-refractivity contribution in [1.82, 2.24) is 15.4 Å². The van der Waals surface area contributed by atoms with Crippen molar-refractivity contribution in [3.8, 4) is 5.75 Å². The number of nitro groups is 1. The van der Waals surface area contributed by atoms with Crippen molar-refractivity contribution in [2.75, 3.05) is 0 Å². The van der Waals surface area contributed by atoms with Gasteiger partial charge in [-0.2, -0.15) is 15.4 Å². The molecule has 2 aromatic rings. The van der Waals surface area contributed by atoms with Gasteiger partial charge in [-0.1, -0.05) is 0 Å². The normalized spacial score (nSPS) is 10.3. The molecular formula is C10H11N5O3. The van der Waals surface area contributed by atoms with E-state index in [1.807, 2.05) is 0 Å². The largest absolute Gasteiger partial charge is 0.487 e. The summed E-state index contributed by atoms with van der Waals surface area (Å²) in [6.07, 6.45) is 1.54. The van der Waals surface area contributed by atoms with Crippen LogP contribution >= 0.6 is 0 Å². The van der Waals surface area contributed by atoms with E-state index in [4.69, 9.17) is 10.5 Å². The van der Waals surface area contributed by atoms with Crippen molar-refractivity contribution in [1.29, 1.82) is 0 Å². The van der Waals surface area contributed by atoms with Crippen LogP contribution in [0.1, 0.15) is 11.3 Å². The number of rotatable bonds is 5. The fraction of sp³-hybridized carbons (Fsp3) is 0.200. The molecule has 94 valence electrons. The molecule has 2 rings (SSSR count). The average molecular weight is 249 g/mol. The van der Waals surface area contributed by atoms with E-state index in [-0.39, 0.29) is 18.8 Å². The van der Waals surface area contributed by atoms with Gasteiger partial charge in [0.05, 0.1) is 11.1 Å². The van der Waals surface area contributed by atoms with Gasteiger partial charge in [0.15, 0.2) is 0 Å². The summed E-state index contributed by atoms with van der Waals surface area (Å²) in [6, 6.07) is 4.45. The maximum absolute atomic E-state index is 10.7. The number of H-pyrrole nitrogens is 1. The molecule has 0 saturated carbocycles. The van der Waals surface area contributed by atoms with Gasteiger partial charge in [-0.3, -0.25) is 10.1 Å². The predicted molar refractivity (Wildman–Crippen MR) is 61.7 cm³/mol. The Morgan fingerprint density at radius 1 is 1.50 bits per heavy atom. The van der Waals surface area contributed by atoms with Crippen molar-refractivity contribution in [2.45, 2.75) is 13.2 Å². The molecule has 0 aliphatic heterocycles. The van der Waals surface area contributed by atoms with Crippen molar-refractivity contribution < 1.29 is 9.66 Å². The molecule has 1 aromatic carbocycles. The summed E-state index contributed by atoms with van der Waals surface area (Å²) >= 11 is 0. The van der Waals surface area contributed by atoms with Crippen LogP contribution in [0, 0.1) is 10.1 Å². The summed E-state index contributed by atoms with van der Waals surface area (Å²) in [5.41, 5.74) is 6.52. The highest BCUT2D eigenvalue weighted by molar-refractivity contribution is 5.45. The van der Waals surface area contributed by atoms with Crippen molar-refractivity contribution >= 4 is 5.69 Å². The maximum atomic E-state index is 10.7. The van der Waals surface area contributed by atoms with Crippen LogP contribution in [-0.2, 0) is 13.2 Å². The Labute approximate surface area is 102 Å². The second-order valence-electron chi connectivity index (χ2n) is 3.50. The van der Waals surface area contributed by atoms with Gasteiger partial charge in [-0.25, -0.2) is 0 Å². The number of benzene rings is 1. The van der Waals surface area contributed by atoms with E-state index in [1.165, 1.54) is 18.3 Å².